The number of alkyl halides is 3. The van der Waals surface area contributed by atoms with Gasteiger partial charge in [0.05, 0.1) is 5.56 Å². The minimum absolute atomic E-state index is 0.123. The smallest absolute Gasteiger partial charge is 0.260 e. The summed E-state index contributed by atoms with van der Waals surface area (Å²) in [6, 6.07) is 9.02. The van der Waals surface area contributed by atoms with Crippen LogP contribution in [0, 0.1) is 0 Å². The van der Waals surface area contributed by atoms with Gasteiger partial charge in [0, 0.05) is 22.9 Å². The van der Waals surface area contributed by atoms with Crippen molar-refractivity contribution in [2.75, 3.05) is 0 Å². The van der Waals surface area contributed by atoms with Crippen molar-refractivity contribution in [3.8, 4) is 11.1 Å². The third-order valence-electron chi connectivity index (χ3n) is 3.08. The zero-order valence-electron chi connectivity index (χ0n) is 11.6. The normalized spacial score (nSPS) is 12.5. The molecule has 0 N–H and O–H groups in total. The number of pyridine rings is 1. The van der Waals surface area contributed by atoms with Crippen molar-refractivity contribution in [1.29, 1.82) is 0 Å². The Morgan fingerprint density at radius 1 is 0.900 bits per heavy atom. The van der Waals surface area contributed by atoms with E-state index in [-0.39, 0.29) is 11.0 Å². The Labute approximate surface area is 116 Å². The summed E-state index contributed by atoms with van der Waals surface area (Å²) < 4.78 is 38.9. The topological polar surface area (TPSA) is 12.9 Å². The van der Waals surface area contributed by atoms with Crippen molar-refractivity contribution in [2.24, 2.45) is 0 Å². The van der Waals surface area contributed by atoms with E-state index in [9.17, 15) is 13.2 Å². The summed E-state index contributed by atoms with van der Waals surface area (Å²) in [7, 11) is 0. The number of aromatic nitrogens is 1. The van der Waals surface area contributed by atoms with Crippen molar-refractivity contribution in [3.05, 3.63) is 53.9 Å². The zero-order valence-corrected chi connectivity index (χ0v) is 11.6. The molecule has 0 saturated carbocycles. The van der Waals surface area contributed by atoms with Crippen molar-refractivity contribution in [2.45, 2.75) is 32.4 Å². The average molecular weight is 279 g/mol. The molecule has 0 bridgehead atoms. The second kappa shape index (κ2) is 4.93. The third kappa shape index (κ3) is 3.00. The Morgan fingerprint density at radius 2 is 1.55 bits per heavy atom. The van der Waals surface area contributed by atoms with Crippen LogP contribution in [0.15, 0.2) is 42.6 Å². The molecule has 1 aromatic carbocycles. The molecule has 0 aliphatic rings. The first-order chi connectivity index (χ1) is 9.19. The number of halogens is 3. The van der Waals surface area contributed by atoms with Crippen LogP contribution in [-0.4, -0.2) is 4.98 Å². The molecule has 1 aromatic heterocycles. The summed E-state index contributed by atoms with van der Waals surface area (Å²) in [5.41, 5.74) is 0.733. The predicted octanol–water partition coefficient (Wildman–Crippen LogP) is 5.06. The van der Waals surface area contributed by atoms with Crippen LogP contribution in [0.25, 0.3) is 11.1 Å². The van der Waals surface area contributed by atoms with Crippen LogP contribution in [0.2, 0.25) is 0 Å². The Bertz CT molecular complexity index is 592. The van der Waals surface area contributed by atoms with Gasteiger partial charge in [0.1, 0.15) is 0 Å². The number of nitrogens with zero attached hydrogens (tertiary/aromatic N) is 1. The molecule has 0 fully saturated rings. The molecule has 106 valence electrons. The largest absolute Gasteiger partial charge is 0.417 e. The molecule has 0 unspecified atom stereocenters. The van der Waals surface area contributed by atoms with E-state index in [0.717, 1.165) is 11.8 Å². The lowest BCUT2D eigenvalue weighted by molar-refractivity contribution is -0.137. The lowest BCUT2D eigenvalue weighted by Gasteiger charge is -2.18. The van der Waals surface area contributed by atoms with E-state index in [1.54, 1.807) is 18.2 Å². The zero-order chi connectivity index (χ0) is 15.0. The Balaban J connectivity index is 2.48. The summed E-state index contributed by atoms with van der Waals surface area (Å²) in [5.74, 6) is 0. The Kier molecular flexibility index (Phi) is 3.59. The fourth-order valence-electron chi connectivity index (χ4n) is 1.98. The molecular weight excluding hydrogens is 263 g/mol. The first-order valence-electron chi connectivity index (χ1n) is 6.33. The molecule has 0 aliphatic carbocycles. The van der Waals surface area contributed by atoms with Gasteiger partial charge in [-0.15, -0.1) is 0 Å². The molecule has 1 nitrogen and oxygen atoms in total. The maximum Gasteiger partial charge on any atom is 0.417 e. The highest BCUT2D eigenvalue weighted by Gasteiger charge is 2.33. The predicted molar refractivity (Wildman–Crippen MR) is 73.4 cm³/mol. The highest BCUT2D eigenvalue weighted by molar-refractivity contribution is 5.67. The van der Waals surface area contributed by atoms with Crippen LogP contribution < -0.4 is 0 Å². The summed E-state index contributed by atoms with van der Waals surface area (Å²) in [6.45, 7) is 6.04. The summed E-state index contributed by atoms with van der Waals surface area (Å²) in [5, 5.41) is 0. The molecule has 2 rings (SSSR count). The van der Waals surface area contributed by atoms with Crippen LogP contribution in [0.3, 0.4) is 0 Å². The molecular formula is C16H16F3N. The summed E-state index contributed by atoms with van der Waals surface area (Å²) in [6.07, 6.45) is -2.86. The Hall–Kier alpha value is -1.84. The standard InChI is InChI=1S/C16H16F3N/c1-15(2,3)14-9-8-11(10-20-14)12-6-4-5-7-13(12)16(17,18)19/h4-10H,1-3H3. The van der Waals surface area contributed by atoms with E-state index < -0.39 is 11.7 Å². The van der Waals surface area contributed by atoms with Crippen LogP contribution >= 0.6 is 0 Å². The molecule has 0 atom stereocenters. The van der Waals surface area contributed by atoms with E-state index in [2.05, 4.69) is 4.98 Å². The third-order valence-corrected chi connectivity index (χ3v) is 3.08. The van der Waals surface area contributed by atoms with Gasteiger partial charge in [0.2, 0.25) is 0 Å². The molecule has 4 heteroatoms. The number of hydrogen-bond donors (Lipinski definition) is 0. The quantitative estimate of drug-likeness (QED) is 0.710. The van der Waals surface area contributed by atoms with E-state index in [4.69, 9.17) is 0 Å². The second-order valence-corrected chi connectivity index (χ2v) is 5.73. The van der Waals surface area contributed by atoms with Crippen molar-refractivity contribution < 1.29 is 13.2 Å². The molecule has 0 saturated heterocycles. The van der Waals surface area contributed by atoms with Crippen LogP contribution in [-0.2, 0) is 11.6 Å². The van der Waals surface area contributed by atoms with Crippen molar-refractivity contribution in [1.82, 2.24) is 4.98 Å². The minimum Gasteiger partial charge on any atom is -0.260 e. The average Bonchev–Trinajstić information content (AvgIpc) is 2.37. The van der Waals surface area contributed by atoms with Gasteiger partial charge >= 0.3 is 6.18 Å². The first-order valence-corrected chi connectivity index (χ1v) is 6.33. The van der Waals surface area contributed by atoms with E-state index in [0.29, 0.717) is 5.56 Å². The van der Waals surface area contributed by atoms with Gasteiger partial charge in [-0.1, -0.05) is 45.0 Å². The van der Waals surface area contributed by atoms with E-state index in [1.165, 1.54) is 18.3 Å². The monoisotopic (exact) mass is 279 g/mol. The first kappa shape index (κ1) is 14.6. The lowest BCUT2D eigenvalue weighted by atomic mass is 9.91. The second-order valence-electron chi connectivity index (χ2n) is 5.73. The maximum absolute atomic E-state index is 13.0. The maximum atomic E-state index is 13.0. The van der Waals surface area contributed by atoms with Gasteiger partial charge in [-0.2, -0.15) is 13.2 Å². The molecule has 0 aliphatic heterocycles. The lowest BCUT2D eigenvalue weighted by Crippen LogP contribution is -2.13. The van der Waals surface area contributed by atoms with Crippen molar-refractivity contribution in [3.63, 3.8) is 0 Å². The van der Waals surface area contributed by atoms with Crippen molar-refractivity contribution >= 4 is 0 Å². The van der Waals surface area contributed by atoms with Gasteiger partial charge in [0.15, 0.2) is 0 Å². The fraction of sp³-hybridized carbons (Fsp3) is 0.312. The number of rotatable bonds is 1. The number of hydrogen-bond acceptors (Lipinski definition) is 1. The van der Waals surface area contributed by atoms with Gasteiger partial charge in [-0.05, 0) is 17.7 Å². The Morgan fingerprint density at radius 3 is 2.05 bits per heavy atom. The summed E-state index contributed by atoms with van der Waals surface area (Å²) in [4.78, 5) is 4.28. The summed E-state index contributed by atoms with van der Waals surface area (Å²) >= 11 is 0. The fourth-order valence-corrected chi connectivity index (χ4v) is 1.98. The number of benzene rings is 1. The van der Waals surface area contributed by atoms with Gasteiger partial charge in [-0.3, -0.25) is 4.98 Å². The van der Waals surface area contributed by atoms with E-state index >= 15 is 0 Å². The highest BCUT2D eigenvalue weighted by atomic mass is 19.4. The van der Waals surface area contributed by atoms with E-state index in [1.807, 2.05) is 20.8 Å². The van der Waals surface area contributed by atoms with Gasteiger partial charge < -0.3 is 0 Å². The van der Waals surface area contributed by atoms with Crippen LogP contribution in [0.4, 0.5) is 13.2 Å². The molecule has 0 spiro atoms. The molecule has 20 heavy (non-hydrogen) atoms. The van der Waals surface area contributed by atoms with Crippen LogP contribution in [0.5, 0.6) is 0 Å². The highest BCUT2D eigenvalue weighted by Crippen LogP contribution is 2.36. The molecule has 2 aromatic rings. The minimum atomic E-state index is -4.36. The SMILES string of the molecule is CC(C)(C)c1ccc(-c2ccccc2C(F)(F)F)cn1. The van der Waals surface area contributed by atoms with Gasteiger partial charge in [-0.25, -0.2) is 0 Å². The van der Waals surface area contributed by atoms with Crippen LogP contribution in [0.1, 0.15) is 32.0 Å². The molecule has 0 radical (unpaired) electrons. The molecule has 0 amide bonds. The van der Waals surface area contributed by atoms with Gasteiger partial charge in [0.25, 0.3) is 0 Å². The molecule has 1 heterocycles.